The smallest absolute Gasteiger partial charge is 0.138 e. The highest BCUT2D eigenvalue weighted by Gasteiger charge is 2.18. The van der Waals surface area contributed by atoms with Crippen LogP contribution in [0.4, 0.5) is 17.3 Å². The second-order valence-corrected chi connectivity index (χ2v) is 6.27. The number of aryl methyl sites for hydroxylation is 1. The van der Waals surface area contributed by atoms with Gasteiger partial charge >= 0.3 is 0 Å². The zero-order chi connectivity index (χ0) is 14.9. The summed E-state index contributed by atoms with van der Waals surface area (Å²) in [5.74, 6) is 1.79. The lowest BCUT2D eigenvalue weighted by molar-refractivity contribution is 0.547. The molecule has 0 unspecified atom stereocenters. The van der Waals surface area contributed by atoms with Crippen molar-refractivity contribution >= 4 is 28.9 Å². The number of nitrogens with zero attached hydrogens (tertiary/aromatic N) is 2. The number of halogens is 1. The molecule has 0 saturated carbocycles. The summed E-state index contributed by atoms with van der Waals surface area (Å²) in [6, 6.07) is 7.49. The SMILES string of the molecule is Cc1ccc(Cl)c(Nc2cc(N)nc(C(C)(C)C)n2)c1. The molecule has 0 atom stereocenters. The van der Waals surface area contributed by atoms with Gasteiger partial charge in [-0.1, -0.05) is 38.4 Å². The molecule has 20 heavy (non-hydrogen) atoms. The van der Waals surface area contributed by atoms with Gasteiger partial charge in [0, 0.05) is 11.5 Å². The van der Waals surface area contributed by atoms with Crippen molar-refractivity contribution in [3.63, 3.8) is 0 Å². The van der Waals surface area contributed by atoms with Crippen molar-refractivity contribution in [3.8, 4) is 0 Å². The molecule has 0 bridgehead atoms. The number of nitrogens with two attached hydrogens (primary N) is 1. The van der Waals surface area contributed by atoms with E-state index in [4.69, 9.17) is 17.3 Å². The molecular weight excluding hydrogens is 272 g/mol. The third kappa shape index (κ3) is 3.39. The maximum absolute atomic E-state index is 6.18. The van der Waals surface area contributed by atoms with Crippen LogP contribution in [0, 0.1) is 6.92 Å². The zero-order valence-corrected chi connectivity index (χ0v) is 12.9. The molecule has 0 amide bonds. The molecule has 1 aromatic heterocycles. The normalized spacial score (nSPS) is 11.4. The number of anilines is 3. The number of rotatable bonds is 2. The number of aromatic nitrogens is 2. The fraction of sp³-hybridized carbons (Fsp3) is 0.333. The number of benzene rings is 1. The predicted octanol–water partition coefficient (Wildman–Crippen LogP) is 4.06. The molecule has 1 heterocycles. The second kappa shape index (κ2) is 5.29. The van der Waals surface area contributed by atoms with E-state index in [1.54, 1.807) is 6.07 Å². The average molecular weight is 291 g/mol. The summed E-state index contributed by atoms with van der Waals surface area (Å²) in [6.07, 6.45) is 0. The van der Waals surface area contributed by atoms with Crippen molar-refractivity contribution in [2.45, 2.75) is 33.1 Å². The number of hydrogen-bond donors (Lipinski definition) is 2. The molecule has 0 aliphatic carbocycles. The molecule has 0 fully saturated rings. The van der Waals surface area contributed by atoms with Gasteiger partial charge in [-0.3, -0.25) is 0 Å². The molecular formula is C15H19ClN4. The lowest BCUT2D eigenvalue weighted by Gasteiger charge is -2.18. The largest absolute Gasteiger partial charge is 0.384 e. The minimum atomic E-state index is -0.164. The molecule has 4 nitrogen and oxygen atoms in total. The van der Waals surface area contributed by atoms with Gasteiger partial charge in [0.25, 0.3) is 0 Å². The summed E-state index contributed by atoms with van der Waals surface area (Å²) in [7, 11) is 0. The Morgan fingerprint density at radius 1 is 1.15 bits per heavy atom. The van der Waals surface area contributed by atoms with E-state index in [1.807, 2.05) is 45.9 Å². The number of nitrogens with one attached hydrogen (secondary N) is 1. The van der Waals surface area contributed by atoms with Crippen LogP contribution in [-0.2, 0) is 5.41 Å². The van der Waals surface area contributed by atoms with Crippen molar-refractivity contribution in [3.05, 3.63) is 40.7 Å². The van der Waals surface area contributed by atoms with E-state index >= 15 is 0 Å². The van der Waals surface area contributed by atoms with Gasteiger partial charge in [0.15, 0.2) is 0 Å². The van der Waals surface area contributed by atoms with Gasteiger partial charge in [-0.2, -0.15) is 0 Å². The van der Waals surface area contributed by atoms with Crippen LogP contribution < -0.4 is 11.1 Å². The molecule has 0 aliphatic heterocycles. The summed E-state index contributed by atoms with van der Waals surface area (Å²) in [4.78, 5) is 8.79. The van der Waals surface area contributed by atoms with E-state index in [0.717, 1.165) is 11.3 Å². The van der Waals surface area contributed by atoms with E-state index in [1.165, 1.54) is 0 Å². The molecule has 2 aromatic rings. The van der Waals surface area contributed by atoms with E-state index in [2.05, 4.69) is 15.3 Å². The Labute approximate surface area is 124 Å². The Balaban J connectivity index is 2.39. The standard InChI is InChI=1S/C15H19ClN4/c1-9-5-6-10(16)11(7-9)18-13-8-12(17)19-14(20-13)15(2,3)4/h5-8H,1-4H3,(H3,17,18,19,20). The first-order valence-electron chi connectivity index (χ1n) is 6.44. The summed E-state index contributed by atoms with van der Waals surface area (Å²) in [5.41, 5.74) is 7.62. The van der Waals surface area contributed by atoms with E-state index in [9.17, 15) is 0 Å². The first kappa shape index (κ1) is 14.6. The summed E-state index contributed by atoms with van der Waals surface area (Å²) in [5, 5.41) is 3.85. The third-order valence-electron chi connectivity index (χ3n) is 2.80. The highest BCUT2D eigenvalue weighted by Crippen LogP contribution is 2.27. The molecule has 0 radical (unpaired) electrons. The fourth-order valence-corrected chi connectivity index (χ4v) is 1.90. The van der Waals surface area contributed by atoms with Gasteiger partial charge in [0.2, 0.25) is 0 Å². The van der Waals surface area contributed by atoms with Gasteiger partial charge < -0.3 is 11.1 Å². The predicted molar refractivity (Wildman–Crippen MR) is 84.6 cm³/mol. The minimum Gasteiger partial charge on any atom is -0.384 e. The van der Waals surface area contributed by atoms with Crippen LogP contribution in [0.5, 0.6) is 0 Å². The van der Waals surface area contributed by atoms with Crippen molar-refractivity contribution in [2.24, 2.45) is 0 Å². The molecule has 106 valence electrons. The highest BCUT2D eigenvalue weighted by molar-refractivity contribution is 6.33. The Kier molecular flexibility index (Phi) is 3.86. The van der Waals surface area contributed by atoms with Crippen molar-refractivity contribution in [2.75, 3.05) is 11.1 Å². The van der Waals surface area contributed by atoms with E-state index in [-0.39, 0.29) is 5.41 Å². The van der Waals surface area contributed by atoms with Gasteiger partial charge in [-0.05, 0) is 24.6 Å². The van der Waals surface area contributed by atoms with Crippen LogP contribution >= 0.6 is 11.6 Å². The van der Waals surface area contributed by atoms with Crippen molar-refractivity contribution in [1.29, 1.82) is 0 Å². The first-order valence-corrected chi connectivity index (χ1v) is 6.82. The molecule has 5 heteroatoms. The van der Waals surface area contributed by atoms with Crippen LogP contribution in [0.25, 0.3) is 0 Å². The lowest BCUT2D eigenvalue weighted by atomic mass is 9.96. The maximum atomic E-state index is 6.18. The van der Waals surface area contributed by atoms with Crippen molar-refractivity contribution in [1.82, 2.24) is 9.97 Å². The Bertz CT molecular complexity index is 632. The molecule has 2 rings (SSSR count). The molecule has 3 N–H and O–H groups in total. The molecule has 1 aromatic carbocycles. The summed E-state index contributed by atoms with van der Waals surface area (Å²) in [6.45, 7) is 8.15. The summed E-state index contributed by atoms with van der Waals surface area (Å²) < 4.78 is 0. The molecule has 0 saturated heterocycles. The van der Waals surface area contributed by atoms with Crippen LogP contribution in [0.2, 0.25) is 5.02 Å². The van der Waals surface area contributed by atoms with Gasteiger partial charge in [0.1, 0.15) is 17.5 Å². The van der Waals surface area contributed by atoms with Gasteiger partial charge in [-0.25, -0.2) is 9.97 Å². The highest BCUT2D eigenvalue weighted by atomic mass is 35.5. The van der Waals surface area contributed by atoms with Crippen molar-refractivity contribution < 1.29 is 0 Å². The third-order valence-corrected chi connectivity index (χ3v) is 3.13. The second-order valence-electron chi connectivity index (χ2n) is 5.86. The van der Waals surface area contributed by atoms with Crippen LogP contribution in [-0.4, -0.2) is 9.97 Å². The lowest BCUT2D eigenvalue weighted by Crippen LogP contribution is -2.17. The Morgan fingerprint density at radius 3 is 2.50 bits per heavy atom. The van der Waals surface area contributed by atoms with Crippen LogP contribution in [0.1, 0.15) is 32.2 Å². The molecule has 0 aliphatic rings. The number of nitrogen functional groups attached to an aromatic ring is 1. The Morgan fingerprint density at radius 2 is 1.85 bits per heavy atom. The number of hydrogen-bond acceptors (Lipinski definition) is 4. The van der Waals surface area contributed by atoms with E-state index in [0.29, 0.717) is 22.5 Å². The molecule has 0 spiro atoms. The monoisotopic (exact) mass is 290 g/mol. The Hall–Kier alpha value is -1.81. The topological polar surface area (TPSA) is 63.8 Å². The van der Waals surface area contributed by atoms with Gasteiger partial charge in [-0.15, -0.1) is 0 Å². The van der Waals surface area contributed by atoms with Gasteiger partial charge in [0.05, 0.1) is 10.7 Å². The summed E-state index contributed by atoms with van der Waals surface area (Å²) >= 11 is 6.18. The van der Waals surface area contributed by atoms with Crippen LogP contribution in [0.3, 0.4) is 0 Å². The van der Waals surface area contributed by atoms with E-state index < -0.39 is 0 Å². The average Bonchev–Trinajstić information content (AvgIpc) is 2.32. The fourth-order valence-electron chi connectivity index (χ4n) is 1.74. The quantitative estimate of drug-likeness (QED) is 0.875. The zero-order valence-electron chi connectivity index (χ0n) is 12.2. The minimum absolute atomic E-state index is 0.164. The maximum Gasteiger partial charge on any atom is 0.138 e. The first-order chi connectivity index (χ1) is 9.25. The van der Waals surface area contributed by atoms with Crippen LogP contribution in [0.15, 0.2) is 24.3 Å².